The molecule has 2 aromatic heterocycles. The summed E-state index contributed by atoms with van der Waals surface area (Å²) in [7, 11) is 0. The van der Waals surface area contributed by atoms with E-state index in [1.54, 1.807) is 6.20 Å². The molecule has 30 heavy (non-hydrogen) atoms. The Kier molecular flexibility index (Phi) is 4.89. The molecule has 0 aliphatic carbocycles. The fourth-order valence-electron chi connectivity index (χ4n) is 3.73. The van der Waals surface area contributed by atoms with E-state index in [0.717, 1.165) is 17.1 Å². The molecule has 0 saturated heterocycles. The van der Waals surface area contributed by atoms with Crippen LogP contribution in [0.25, 0.3) is 45.4 Å². The van der Waals surface area contributed by atoms with Crippen LogP contribution in [-0.2, 0) is 0 Å². The number of nitrogens with zero attached hydrogens (tertiary/aromatic N) is 2. The van der Waals surface area contributed by atoms with Crippen molar-refractivity contribution in [2.24, 2.45) is 0 Å². The van der Waals surface area contributed by atoms with Gasteiger partial charge in [-0.3, -0.25) is 4.98 Å². The number of rotatable bonds is 4. The van der Waals surface area contributed by atoms with Gasteiger partial charge in [-0.05, 0) is 57.8 Å². The highest BCUT2D eigenvalue weighted by Crippen LogP contribution is 2.33. The monoisotopic (exact) mass is 384 g/mol. The quantitative estimate of drug-likeness (QED) is 0.329. The number of aromatic nitrogens is 2. The van der Waals surface area contributed by atoms with Crippen LogP contribution in [0.3, 0.4) is 0 Å². The Bertz CT molecular complexity index is 1320. The second kappa shape index (κ2) is 8.14. The Labute approximate surface area is 176 Å². The Balaban J connectivity index is 1.59. The van der Waals surface area contributed by atoms with E-state index in [1.165, 1.54) is 27.5 Å². The maximum absolute atomic E-state index is 4.77. The minimum atomic E-state index is 0.875. The van der Waals surface area contributed by atoms with Crippen molar-refractivity contribution in [3.63, 3.8) is 0 Å². The second-order valence-corrected chi connectivity index (χ2v) is 7.11. The fraction of sp³-hybridized carbons (Fsp3) is 0. The Morgan fingerprint density at radius 1 is 0.567 bits per heavy atom. The first-order valence-corrected chi connectivity index (χ1v) is 10.0. The maximum atomic E-state index is 4.77. The molecule has 0 N–H and O–H groups in total. The second-order valence-electron chi connectivity index (χ2n) is 7.11. The summed E-state index contributed by atoms with van der Waals surface area (Å²) < 4.78 is 0. The van der Waals surface area contributed by atoms with Gasteiger partial charge in [-0.15, -0.1) is 0 Å². The molecule has 0 atom stereocenters. The van der Waals surface area contributed by atoms with Crippen molar-refractivity contribution in [2.45, 2.75) is 0 Å². The topological polar surface area (TPSA) is 25.8 Å². The maximum Gasteiger partial charge on any atom is 0.0893 e. The molecule has 0 saturated carbocycles. The van der Waals surface area contributed by atoms with Gasteiger partial charge in [0.1, 0.15) is 0 Å². The van der Waals surface area contributed by atoms with Gasteiger partial charge >= 0.3 is 0 Å². The molecule has 0 spiro atoms. The van der Waals surface area contributed by atoms with Crippen LogP contribution in [-0.4, -0.2) is 9.97 Å². The first-order valence-electron chi connectivity index (χ1n) is 10.0. The minimum absolute atomic E-state index is 0.875. The van der Waals surface area contributed by atoms with Gasteiger partial charge in [0, 0.05) is 6.20 Å². The highest BCUT2D eigenvalue weighted by atomic mass is 14.8. The summed E-state index contributed by atoms with van der Waals surface area (Å²) >= 11 is 0. The lowest BCUT2D eigenvalue weighted by Crippen LogP contribution is -1.89. The van der Waals surface area contributed by atoms with Crippen LogP contribution >= 0.6 is 0 Å². The summed E-state index contributed by atoms with van der Waals surface area (Å²) in [6.45, 7) is 0. The zero-order valence-corrected chi connectivity index (χ0v) is 16.4. The molecule has 0 amide bonds. The normalized spacial score (nSPS) is 11.2. The van der Waals surface area contributed by atoms with Crippen LogP contribution in [0, 0.1) is 0 Å². The Morgan fingerprint density at radius 3 is 2.23 bits per heavy atom. The van der Waals surface area contributed by atoms with Gasteiger partial charge in [0.25, 0.3) is 0 Å². The van der Waals surface area contributed by atoms with Crippen molar-refractivity contribution < 1.29 is 0 Å². The van der Waals surface area contributed by atoms with E-state index in [9.17, 15) is 0 Å². The van der Waals surface area contributed by atoms with E-state index in [0.29, 0.717) is 0 Å². The average Bonchev–Trinajstić information content (AvgIpc) is 2.83. The first-order chi connectivity index (χ1) is 14.9. The van der Waals surface area contributed by atoms with Gasteiger partial charge in [-0.2, -0.15) is 0 Å². The van der Waals surface area contributed by atoms with Gasteiger partial charge in [0.15, 0.2) is 0 Å². The van der Waals surface area contributed by atoms with Crippen LogP contribution in [0.15, 0.2) is 109 Å². The molecule has 0 aliphatic heterocycles. The lowest BCUT2D eigenvalue weighted by Gasteiger charge is -2.11. The summed E-state index contributed by atoms with van der Waals surface area (Å²) in [5, 5.41) is 2.49. The predicted molar refractivity (Wildman–Crippen MR) is 126 cm³/mol. The van der Waals surface area contributed by atoms with Crippen LogP contribution < -0.4 is 0 Å². The molecule has 0 radical (unpaired) electrons. The van der Waals surface area contributed by atoms with Crippen molar-refractivity contribution >= 4 is 22.9 Å². The highest BCUT2D eigenvalue weighted by Gasteiger charge is 2.08. The molecule has 2 nitrogen and oxygen atoms in total. The third-order valence-electron chi connectivity index (χ3n) is 5.16. The third-order valence-corrected chi connectivity index (χ3v) is 5.16. The number of hydrogen-bond acceptors (Lipinski definition) is 2. The zero-order chi connectivity index (χ0) is 20.2. The number of hydrogen-bond donors (Lipinski definition) is 0. The van der Waals surface area contributed by atoms with Crippen molar-refractivity contribution in [1.82, 2.24) is 9.97 Å². The van der Waals surface area contributed by atoms with E-state index in [-0.39, 0.29) is 0 Å². The summed E-state index contributed by atoms with van der Waals surface area (Å²) in [5.74, 6) is 0. The summed E-state index contributed by atoms with van der Waals surface area (Å²) in [6.07, 6.45) is 6.02. The molecule has 142 valence electrons. The summed E-state index contributed by atoms with van der Waals surface area (Å²) in [6, 6.07) is 35.4. The molecule has 2 heterocycles. The largest absolute Gasteiger partial charge is 0.255 e. The average molecular weight is 384 g/mol. The van der Waals surface area contributed by atoms with Gasteiger partial charge in [-0.1, -0.05) is 84.9 Å². The molecule has 5 rings (SSSR count). The number of pyridine rings is 2. The summed E-state index contributed by atoms with van der Waals surface area (Å²) in [4.78, 5) is 9.18. The number of benzene rings is 3. The first kappa shape index (κ1) is 18.0. The van der Waals surface area contributed by atoms with Crippen LogP contribution in [0.4, 0.5) is 0 Å². The third kappa shape index (κ3) is 3.63. The lowest BCUT2D eigenvalue weighted by atomic mass is 9.93. The smallest absolute Gasteiger partial charge is 0.0893 e. The van der Waals surface area contributed by atoms with E-state index in [1.807, 2.05) is 36.4 Å². The minimum Gasteiger partial charge on any atom is -0.255 e. The van der Waals surface area contributed by atoms with Gasteiger partial charge in [-0.25, -0.2) is 4.98 Å². The van der Waals surface area contributed by atoms with E-state index < -0.39 is 0 Å². The molecule has 0 unspecified atom stereocenters. The van der Waals surface area contributed by atoms with E-state index in [2.05, 4.69) is 83.9 Å². The van der Waals surface area contributed by atoms with Crippen LogP contribution in [0.1, 0.15) is 11.3 Å². The molecule has 5 aromatic rings. The van der Waals surface area contributed by atoms with Gasteiger partial charge < -0.3 is 0 Å². The molecule has 2 heteroatoms. The van der Waals surface area contributed by atoms with Crippen molar-refractivity contribution in [3.8, 4) is 22.5 Å². The summed E-state index contributed by atoms with van der Waals surface area (Å²) in [5.41, 5.74) is 6.29. The van der Waals surface area contributed by atoms with Crippen molar-refractivity contribution in [3.05, 3.63) is 121 Å². The van der Waals surface area contributed by atoms with Crippen LogP contribution in [0.2, 0.25) is 0 Å². The fourth-order valence-corrected chi connectivity index (χ4v) is 3.73. The SMILES string of the molecule is C(=Cc1ccc2ccccc2c1-c1ccccc1)c1cccc(-c2ccccn2)n1. The van der Waals surface area contributed by atoms with Crippen molar-refractivity contribution in [2.75, 3.05) is 0 Å². The van der Waals surface area contributed by atoms with E-state index >= 15 is 0 Å². The van der Waals surface area contributed by atoms with E-state index in [4.69, 9.17) is 4.98 Å². The molecule has 0 fully saturated rings. The van der Waals surface area contributed by atoms with Gasteiger partial charge in [0.05, 0.1) is 17.1 Å². The standard InChI is InChI=1S/C28H20N2/c1-2-10-22(11-3-1)28-23(17-16-21-9-4-5-13-25(21)28)18-19-24-12-8-15-27(30-24)26-14-6-7-20-29-26/h1-20H. The van der Waals surface area contributed by atoms with Gasteiger partial charge in [0.2, 0.25) is 0 Å². The molecular weight excluding hydrogens is 364 g/mol. The zero-order valence-electron chi connectivity index (χ0n) is 16.4. The molecule has 3 aromatic carbocycles. The highest BCUT2D eigenvalue weighted by molar-refractivity contribution is 6.01. The number of fused-ring (bicyclic) bond motifs is 1. The Morgan fingerprint density at radius 2 is 1.37 bits per heavy atom. The Hall–Kier alpha value is -4.04. The lowest BCUT2D eigenvalue weighted by molar-refractivity contribution is 1.23. The molecular formula is C28H20N2. The van der Waals surface area contributed by atoms with Crippen LogP contribution in [0.5, 0.6) is 0 Å². The van der Waals surface area contributed by atoms with Crippen molar-refractivity contribution in [1.29, 1.82) is 0 Å². The molecule has 0 aliphatic rings. The molecule has 0 bridgehead atoms. The predicted octanol–water partition coefficient (Wildman–Crippen LogP) is 7.13.